The van der Waals surface area contributed by atoms with Crippen molar-refractivity contribution in [3.05, 3.63) is 189 Å². The van der Waals surface area contributed by atoms with Gasteiger partial charge in [0.25, 0.3) is 5.69 Å². The van der Waals surface area contributed by atoms with Gasteiger partial charge in [0.1, 0.15) is 5.76 Å². The van der Waals surface area contributed by atoms with Crippen LogP contribution in [-0.4, -0.2) is 33.7 Å². The fourth-order valence-electron chi connectivity index (χ4n) is 5.73. The van der Waals surface area contributed by atoms with Crippen molar-refractivity contribution < 1.29 is 24.0 Å². The summed E-state index contributed by atoms with van der Waals surface area (Å²) < 4.78 is 6.67. The van der Waals surface area contributed by atoms with Crippen LogP contribution < -0.4 is 0 Å². The van der Waals surface area contributed by atoms with Gasteiger partial charge in [-0.2, -0.15) is 0 Å². The Morgan fingerprint density at radius 1 is 0.660 bits per heavy atom. The molecule has 1 aliphatic rings. The lowest BCUT2D eigenvalue weighted by Crippen LogP contribution is -2.36. The molecule has 2 unspecified atom stereocenters. The number of Topliss-reactive ketones (excluding diaryl/α,β-unsaturated/α-hetero) is 3. The lowest BCUT2D eigenvalue weighted by molar-refractivity contribution is -0.384. The minimum absolute atomic E-state index is 0.139. The molecule has 230 valence electrons. The highest BCUT2D eigenvalue weighted by molar-refractivity contribution is 6.72. The summed E-state index contributed by atoms with van der Waals surface area (Å²) in [5, 5.41) is 11.5. The molecule has 0 fully saturated rings. The first kappa shape index (κ1) is 30.7. The van der Waals surface area contributed by atoms with Gasteiger partial charge in [-0.15, -0.1) is 0 Å². The molecule has 0 radical (unpaired) electrons. The first-order valence-electron chi connectivity index (χ1n) is 14.9. The lowest BCUT2D eigenvalue weighted by atomic mass is 9.80. The zero-order valence-electron chi connectivity index (χ0n) is 25.3. The Morgan fingerprint density at radius 2 is 1.11 bits per heavy atom. The van der Waals surface area contributed by atoms with Crippen LogP contribution in [0.4, 0.5) is 5.69 Å². The van der Waals surface area contributed by atoms with Crippen molar-refractivity contribution in [1.29, 1.82) is 0 Å². The van der Waals surface area contributed by atoms with E-state index in [0.29, 0.717) is 16.7 Å². The maximum Gasteiger partial charge on any atom is 0.269 e. The number of ketones is 3. The topological polar surface area (TPSA) is 116 Å². The van der Waals surface area contributed by atoms with Crippen LogP contribution in [0.5, 0.6) is 0 Å². The van der Waals surface area contributed by atoms with E-state index in [1.165, 1.54) is 12.1 Å². The average Bonchev–Trinajstić information content (AvgIpc) is 3.44. The van der Waals surface area contributed by atoms with E-state index in [9.17, 15) is 24.5 Å². The predicted octanol–water partition coefficient (Wildman–Crippen LogP) is 7.93. The maximum absolute atomic E-state index is 14.4. The second-order valence-corrected chi connectivity index (χ2v) is 11.1. The highest BCUT2D eigenvalue weighted by Crippen LogP contribution is 2.51. The molecule has 47 heavy (non-hydrogen) atoms. The summed E-state index contributed by atoms with van der Waals surface area (Å²) in [5.41, 5.74) is -0.0410. The number of nitrogens with zero attached hydrogens (tertiary/aromatic N) is 2. The summed E-state index contributed by atoms with van der Waals surface area (Å²) in [6.45, 7) is 1.61. The minimum Gasteiger partial charge on any atom is -0.464 e. The number of hydrogen-bond acceptors (Lipinski definition) is 7. The fraction of sp³-hybridized carbons (Fsp3) is 0.0769. The second kappa shape index (κ2) is 13.0. The van der Waals surface area contributed by atoms with E-state index in [1.807, 2.05) is 6.07 Å². The van der Waals surface area contributed by atoms with Gasteiger partial charge in [-0.3, -0.25) is 24.5 Å². The third kappa shape index (κ3) is 6.17. The molecule has 8 nitrogen and oxygen atoms in total. The Morgan fingerprint density at radius 3 is 1.57 bits per heavy atom. The number of aliphatic imine (C=N–C) groups is 1. The van der Waals surface area contributed by atoms with Gasteiger partial charge in [0, 0.05) is 34.4 Å². The quantitative estimate of drug-likeness (QED) is 0.0515. The maximum atomic E-state index is 14.4. The summed E-state index contributed by atoms with van der Waals surface area (Å²) >= 11 is 0. The number of non-ortho nitro benzene ring substituents is 1. The van der Waals surface area contributed by atoms with Crippen LogP contribution in [0, 0.1) is 10.1 Å². The van der Waals surface area contributed by atoms with Crippen molar-refractivity contribution >= 4 is 34.5 Å². The number of hydrogen-bond donors (Lipinski definition) is 0. The van der Waals surface area contributed by atoms with E-state index in [4.69, 9.17) is 9.73 Å². The Labute approximate surface area is 270 Å². The smallest absolute Gasteiger partial charge is 0.269 e. The van der Waals surface area contributed by atoms with Crippen molar-refractivity contribution in [3.8, 4) is 0 Å². The third-order valence-electron chi connectivity index (χ3n) is 7.97. The number of carbonyl (C=O) groups is 3. The largest absolute Gasteiger partial charge is 0.464 e. The van der Waals surface area contributed by atoms with E-state index in [0.717, 1.165) is 0 Å². The van der Waals surface area contributed by atoms with Gasteiger partial charge < -0.3 is 4.74 Å². The molecule has 5 aromatic rings. The summed E-state index contributed by atoms with van der Waals surface area (Å²) in [5.74, 6) is -2.33. The highest BCUT2D eigenvalue weighted by Gasteiger charge is 2.51. The number of nitro benzene ring substituents is 1. The highest BCUT2D eigenvalue weighted by atomic mass is 16.6. The number of carbonyl (C=O) groups excluding carboxylic acids is 3. The van der Waals surface area contributed by atoms with Crippen molar-refractivity contribution in [2.24, 2.45) is 4.99 Å². The summed E-state index contributed by atoms with van der Waals surface area (Å²) in [7, 11) is 0. The van der Waals surface area contributed by atoms with E-state index >= 15 is 0 Å². The SMILES string of the molecule is CC1(N=C(C(=O)c2ccccc2)C(=O)c2ccccc2)OC(c2ccccc2)=C(C(=O)c2ccccc2)C1c1ccc([N+](=O)[O-])cc1. The summed E-state index contributed by atoms with van der Waals surface area (Å²) in [6.07, 6.45) is 0. The zero-order valence-corrected chi connectivity index (χ0v) is 25.3. The molecule has 0 N–H and O–H groups in total. The van der Waals surface area contributed by atoms with E-state index in [2.05, 4.69) is 0 Å². The molecule has 0 saturated heterocycles. The van der Waals surface area contributed by atoms with E-state index in [1.54, 1.807) is 134 Å². The number of nitro groups is 1. The van der Waals surface area contributed by atoms with Gasteiger partial charge in [-0.25, -0.2) is 4.99 Å². The first-order chi connectivity index (χ1) is 22.8. The van der Waals surface area contributed by atoms with Crippen molar-refractivity contribution in [2.45, 2.75) is 18.6 Å². The van der Waals surface area contributed by atoms with Gasteiger partial charge in [0.05, 0.1) is 16.4 Å². The van der Waals surface area contributed by atoms with Crippen LogP contribution in [-0.2, 0) is 4.74 Å². The normalized spacial score (nSPS) is 17.0. The molecule has 1 aliphatic heterocycles. The van der Waals surface area contributed by atoms with Crippen molar-refractivity contribution in [3.63, 3.8) is 0 Å². The standard InChI is InChI=1S/C39H28N2O6/c1-39(40-34(36(43)28-16-8-3-9-17-28)37(44)29-18-10-4-11-19-29)33(26-22-24-31(25-23-26)41(45)46)32(35(42)27-14-6-2-7-15-27)38(47-39)30-20-12-5-13-21-30/h2-25,33H,1H3. The molecule has 0 aliphatic carbocycles. The van der Waals surface area contributed by atoms with Crippen LogP contribution >= 0.6 is 0 Å². The number of ether oxygens (including phenoxy) is 1. The lowest BCUT2D eigenvalue weighted by Gasteiger charge is -2.29. The van der Waals surface area contributed by atoms with E-state index in [-0.39, 0.29) is 39.6 Å². The zero-order chi connectivity index (χ0) is 33.0. The molecular weight excluding hydrogens is 592 g/mol. The molecule has 2 atom stereocenters. The third-order valence-corrected chi connectivity index (χ3v) is 7.97. The molecule has 0 spiro atoms. The second-order valence-electron chi connectivity index (χ2n) is 11.1. The van der Waals surface area contributed by atoms with Gasteiger partial charge >= 0.3 is 0 Å². The van der Waals surface area contributed by atoms with Crippen molar-refractivity contribution in [1.82, 2.24) is 0 Å². The summed E-state index contributed by atoms with van der Waals surface area (Å²) in [6, 6.07) is 40.2. The minimum atomic E-state index is -1.72. The Kier molecular flexibility index (Phi) is 8.49. The summed E-state index contributed by atoms with van der Waals surface area (Å²) in [4.78, 5) is 58.5. The van der Waals surface area contributed by atoms with Gasteiger partial charge in [0.15, 0.2) is 11.5 Å². The average molecular weight is 621 g/mol. The molecule has 8 heteroatoms. The fourth-order valence-corrected chi connectivity index (χ4v) is 5.73. The monoisotopic (exact) mass is 620 g/mol. The molecule has 0 aromatic heterocycles. The van der Waals surface area contributed by atoms with Crippen LogP contribution in [0.3, 0.4) is 0 Å². The van der Waals surface area contributed by atoms with Gasteiger partial charge in [0.2, 0.25) is 17.3 Å². The molecule has 0 amide bonds. The Bertz CT molecular complexity index is 1970. The number of rotatable bonds is 10. The Balaban J connectivity index is 1.61. The number of benzene rings is 5. The molecular formula is C39H28N2O6. The molecule has 0 saturated carbocycles. The first-order valence-corrected chi connectivity index (χ1v) is 14.9. The van der Waals surface area contributed by atoms with Gasteiger partial charge in [-0.1, -0.05) is 133 Å². The van der Waals surface area contributed by atoms with Crippen LogP contribution in [0.2, 0.25) is 0 Å². The predicted molar refractivity (Wildman–Crippen MR) is 178 cm³/mol. The van der Waals surface area contributed by atoms with Crippen LogP contribution in [0.15, 0.2) is 156 Å². The van der Waals surface area contributed by atoms with E-state index < -0.39 is 28.1 Å². The molecule has 6 rings (SSSR count). The van der Waals surface area contributed by atoms with Crippen LogP contribution in [0.25, 0.3) is 5.76 Å². The van der Waals surface area contributed by atoms with Crippen molar-refractivity contribution in [2.75, 3.05) is 0 Å². The Hall–Kier alpha value is -6.28. The molecule has 1 heterocycles. The molecule has 0 bridgehead atoms. The van der Waals surface area contributed by atoms with Crippen LogP contribution in [0.1, 0.15) is 55.0 Å². The van der Waals surface area contributed by atoms with Gasteiger partial charge in [-0.05, 0) is 12.5 Å². The molecule has 5 aromatic carbocycles.